The second-order valence-electron chi connectivity index (χ2n) is 3.66. The van der Waals surface area contributed by atoms with Gasteiger partial charge in [-0.2, -0.15) is 0 Å². The van der Waals surface area contributed by atoms with E-state index in [1.165, 1.54) is 0 Å². The summed E-state index contributed by atoms with van der Waals surface area (Å²) in [5.74, 6) is 5.48. The van der Waals surface area contributed by atoms with E-state index in [1.54, 1.807) is 4.90 Å². The Morgan fingerprint density at radius 2 is 1.78 bits per heavy atom. The standard InChI is InChI=1S/C13H14N2O.C2H6/c16-13(15-10-8-14-9-11-15)7-6-12-4-2-1-3-5-12;1-2/h1-5,14H,8-11H2;1-2H3. The minimum atomic E-state index is -0.0784. The molecule has 0 bridgehead atoms. The second-order valence-corrected chi connectivity index (χ2v) is 3.66. The van der Waals surface area contributed by atoms with Crippen LogP contribution in [0.1, 0.15) is 19.4 Å². The first-order chi connectivity index (χ1) is 8.86. The molecule has 1 saturated heterocycles. The number of hydrogen-bond donors (Lipinski definition) is 1. The number of nitrogens with zero attached hydrogens (tertiary/aromatic N) is 1. The van der Waals surface area contributed by atoms with Gasteiger partial charge in [0.1, 0.15) is 0 Å². The Morgan fingerprint density at radius 3 is 2.39 bits per heavy atom. The average Bonchev–Trinajstić information content (AvgIpc) is 2.49. The number of rotatable bonds is 0. The van der Waals surface area contributed by atoms with Gasteiger partial charge in [-0.15, -0.1) is 0 Å². The van der Waals surface area contributed by atoms with E-state index in [2.05, 4.69) is 17.2 Å². The molecule has 0 aliphatic carbocycles. The van der Waals surface area contributed by atoms with Gasteiger partial charge < -0.3 is 10.2 Å². The van der Waals surface area contributed by atoms with Crippen molar-refractivity contribution in [2.75, 3.05) is 26.2 Å². The molecule has 1 aliphatic heterocycles. The third-order valence-corrected chi connectivity index (χ3v) is 2.49. The number of hydrogen-bond acceptors (Lipinski definition) is 2. The normalized spacial score (nSPS) is 13.8. The molecule has 3 heteroatoms. The summed E-state index contributed by atoms with van der Waals surface area (Å²) in [7, 11) is 0. The molecule has 1 amide bonds. The Morgan fingerprint density at radius 1 is 1.17 bits per heavy atom. The van der Waals surface area contributed by atoms with Crippen LogP contribution in [0.15, 0.2) is 30.3 Å². The van der Waals surface area contributed by atoms with Crippen LogP contribution in [0, 0.1) is 11.8 Å². The van der Waals surface area contributed by atoms with Gasteiger partial charge in [-0.25, -0.2) is 0 Å². The van der Waals surface area contributed by atoms with Crippen LogP contribution in [0.4, 0.5) is 0 Å². The number of piperazine rings is 1. The van der Waals surface area contributed by atoms with Crippen molar-refractivity contribution in [3.05, 3.63) is 35.9 Å². The molecule has 1 aromatic carbocycles. The molecule has 0 saturated carbocycles. The Kier molecular flexibility index (Phi) is 6.60. The molecule has 1 fully saturated rings. The van der Waals surface area contributed by atoms with Crippen molar-refractivity contribution in [2.24, 2.45) is 0 Å². The van der Waals surface area contributed by atoms with Crippen LogP contribution in [-0.2, 0) is 4.79 Å². The van der Waals surface area contributed by atoms with Crippen molar-refractivity contribution in [1.82, 2.24) is 10.2 Å². The number of benzene rings is 1. The maximum atomic E-state index is 11.7. The molecular weight excluding hydrogens is 224 g/mol. The van der Waals surface area contributed by atoms with Crippen molar-refractivity contribution in [3.8, 4) is 11.8 Å². The Labute approximate surface area is 109 Å². The lowest BCUT2D eigenvalue weighted by Crippen LogP contribution is -2.46. The van der Waals surface area contributed by atoms with Crippen LogP contribution < -0.4 is 5.32 Å². The highest BCUT2D eigenvalue weighted by Crippen LogP contribution is 1.96. The Balaban J connectivity index is 0.000000771. The van der Waals surface area contributed by atoms with Gasteiger partial charge in [-0.05, 0) is 12.1 Å². The highest BCUT2D eigenvalue weighted by atomic mass is 16.2. The van der Waals surface area contributed by atoms with Crippen molar-refractivity contribution in [2.45, 2.75) is 13.8 Å². The van der Waals surface area contributed by atoms with Gasteiger partial charge in [-0.3, -0.25) is 4.79 Å². The molecule has 0 atom stereocenters. The number of nitrogens with one attached hydrogen (secondary N) is 1. The van der Waals surface area contributed by atoms with Crippen LogP contribution >= 0.6 is 0 Å². The van der Waals surface area contributed by atoms with Gasteiger partial charge in [0.25, 0.3) is 5.91 Å². The van der Waals surface area contributed by atoms with E-state index >= 15 is 0 Å². The molecule has 18 heavy (non-hydrogen) atoms. The SMILES string of the molecule is CC.O=C(C#Cc1ccccc1)N1CCNCC1. The smallest absolute Gasteiger partial charge is 0.298 e. The molecule has 0 spiro atoms. The molecule has 1 N–H and O–H groups in total. The predicted molar refractivity (Wildman–Crippen MR) is 74.1 cm³/mol. The molecule has 0 aromatic heterocycles. The van der Waals surface area contributed by atoms with Crippen LogP contribution in [-0.4, -0.2) is 37.0 Å². The fourth-order valence-electron chi connectivity index (χ4n) is 1.59. The number of carbonyl (C=O) groups is 1. The van der Waals surface area contributed by atoms with E-state index in [0.717, 1.165) is 31.7 Å². The van der Waals surface area contributed by atoms with Gasteiger partial charge in [0, 0.05) is 37.7 Å². The number of amides is 1. The fourth-order valence-corrected chi connectivity index (χ4v) is 1.59. The third-order valence-electron chi connectivity index (χ3n) is 2.49. The number of carbonyl (C=O) groups excluding carboxylic acids is 1. The maximum Gasteiger partial charge on any atom is 0.298 e. The van der Waals surface area contributed by atoms with Crippen LogP contribution in [0.2, 0.25) is 0 Å². The quantitative estimate of drug-likeness (QED) is 0.701. The highest BCUT2D eigenvalue weighted by Gasteiger charge is 2.13. The average molecular weight is 244 g/mol. The molecule has 1 aromatic rings. The van der Waals surface area contributed by atoms with E-state index in [0.29, 0.717) is 0 Å². The van der Waals surface area contributed by atoms with Crippen molar-refractivity contribution in [3.63, 3.8) is 0 Å². The van der Waals surface area contributed by atoms with E-state index in [-0.39, 0.29) is 5.91 Å². The Hall–Kier alpha value is -1.79. The molecule has 0 unspecified atom stereocenters. The summed E-state index contributed by atoms with van der Waals surface area (Å²) in [6.07, 6.45) is 0. The van der Waals surface area contributed by atoms with Gasteiger partial charge in [0.2, 0.25) is 0 Å². The zero-order valence-electron chi connectivity index (χ0n) is 11.1. The van der Waals surface area contributed by atoms with E-state index in [4.69, 9.17) is 0 Å². The van der Waals surface area contributed by atoms with Gasteiger partial charge in [-0.1, -0.05) is 38.0 Å². The minimum Gasteiger partial charge on any atom is -0.329 e. The lowest BCUT2D eigenvalue weighted by atomic mass is 10.2. The molecule has 1 heterocycles. The molecule has 96 valence electrons. The zero-order chi connectivity index (χ0) is 13.2. The summed E-state index contributed by atoms with van der Waals surface area (Å²) in [6, 6.07) is 9.57. The summed E-state index contributed by atoms with van der Waals surface area (Å²) in [6.45, 7) is 7.22. The van der Waals surface area contributed by atoms with Crippen LogP contribution in [0.25, 0.3) is 0 Å². The molecule has 2 rings (SSSR count). The van der Waals surface area contributed by atoms with Crippen molar-refractivity contribution >= 4 is 5.91 Å². The second kappa shape index (κ2) is 8.32. The van der Waals surface area contributed by atoms with Crippen LogP contribution in [0.5, 0.6) is 0 Å². The summed E-state index contributed by atoms with van der Waals surface area (Å²) in [5.41, 5.74) is 0.881. The zero-order valence-corrected chi connectivity index (χ0v) is 11.1. The van der Waals surface area contributed by atoms with E-state index in [9.17, 15) is 4.79 Å². The third kappa shape index (κ3) is 4.60. The van der Waals surface area contributed by atoms with Gasteiger partial charge in [0.15, 0.2) is 0 Å². The summed E-state index contributed by atoms with van der Waals surface area (Å²) >= 11 is 0. The fraction of sp³-hybridized carbons (Fsp3) is 0.400. The topological polar surface area (TPSA) is 32.3 Å². The van der Waals surface area contributed by atoms with Crippen molar-refractivity contribution < 1.29 is 4.79 Å². The Bertz CT molecular complexity index is 411. The first kappa shape index (κ1) is 14.3. The van der Waals surface area contributed by atoms with Crippen LogP contribution in [0.3, 0.4) is 0 Å². The van der Waals surface area contributed by atoms with Gasteiger partial charge in [0.05, 0.1) is 0 Å². The molecule has 0 radical (unpaired) electrons. The highest BCUT2D eigenvalue weighted by molar-refractivity contribution is 5.94. The van der Waals surface area contributed by atoms with E-state index < -0.39 is 0 Å². The lowest BCUT2D eigenvalue weighted by molar-refractivity contribution is -0.125. The first-order valence-electron chi connectivity index (χ1n) is 6.43. The van der Waals surface area contributed by atoms with Crippen molar-refractivity contribution in [1.29, 1.82) is 0 Å². The largest absolute Gasteiger partial charge is 0.329 e. The lowest BCUT2D eigenvalue weighted by Gasteiger charge is -2.25. The summed E-state index contributed by atoms with van der Waals surface area (Å²) in [4.78, 5) is 13.5. The molecule has 3 nitrogen and oxygen atoms in total. The monoisotopic (exact) mass is 244 g/mol. The molecule has 1 aliphatic rings. The minimum absolute atomic E-state index is 0.0784. The van der Waals surface area contributed by atoms with Gasteiger partial charge >= 0.3 is 0 Å². The maximum absolute atomic E-state index is 11.7. The van der Waals surface area contributed by atoms with E-state index in [1.807, 2.05) is 44.2 Å². The first-order valence-corrected chi connectivity index (χ1v) is 6.43. The predicted octanol–water partition coefficient (Wildman–Crippen LogP) is 1.50. The summed E-state index contributed by atoms with van der Waals surface area (Å²) < 4.78 is 0. The molecular formula is C15H20N2O. The summed E-state index contributed by atoms with van der Waals surface area (Å²) in [5, 5.41) is 3.20.